The predicted molar refractivity (Wildman–Crippen MR) is 99.9 cm³/mol. The van der Waals surface area contributed by atoms with Crippen LogP contribution in [0.5, 0.6) is 0 Å². The van der Waals surface area contributed by atoms with Crippen molar-refractivity contribution in [3.8, 4) is 0 Å². The van der Waals surface area contributed by atoms with Gasteiger partial charge < -0.3 is 19.9 Å². The molecule has 0 spiro atoms. The third-order valence-corrected chi connectivity index (χ3v) is 5.43. The zero-order valence-corrected chi connectivity index (χ0v) is 16.2. The lowest BCUT2D eigenvalue weighted by atomic mass is 9.95. The molecule has 6 nitrogen and oxygen atoms in total. The number of rotatable bonds is 2. The van der Waals surface area contributed by atoms with Crippen LogP contribution in [0, 0.1) is 5.92 Å². The van der Waals surface area contributed by atoms with Crippen molar-refractivity contribution in [3.63, 3.8) is 0 Å². The topological polar surface area (TPSA) is 61.9 Å². The quantitative estimate of drug-likeness (QED) is 0.784. The first-order valence-electron chi connectivity index (χ1n) is 8.42. The maximum absolute atomic E-state index is 12.5. The molecule has 3 rings (SSSR count). The van der Waals surface area contributed by atoms with Gasteiger partial charge in [0.1, 0.15) is 0 Å². The number of hydrogen-bond donors (Lipinski definition) is 1. The third-order valence-electron chi connectivity index (χ3n) is 4.63. The molecule has 0 unspecified atom stereocenters. The van der Waals surface area contributed by atoms with E-state index in [0.29, 0.717) is 62.9 Å². The Balaban J connectivity index is 1.51. The van der Waals surface area contributed by atoms with Crippen molar-refractivity contribution in [2.24, 2.45) is 5.92 Å². The Morgan fingerprint density at radius 2 is 1.80 bits per heavy atom. The summed E-state index contributed by atoms with van der Waals surface area (Å²) in [5.74, 6) is 0.192. The molecule has 2 aliphatic heterocycles. The Kier molecular flexibility index (Phi) is 6.19. The van der Waals surface area contributed by atoms with Crippen molar-refractivity contribution in [2.75, 3.05) is 44.7 Å². The summed E-state index contributed by atoms with van der Waals surface area (Å²) in [7, 11) is 0. The van der Waals surface area contributed by atoms with Crippen LogP contribution in [0.4, 0.5) is 10.5 Å². The molecule has 8 heteroatoms. The maximum atomic E-state index is 12.5. The van der Waals surface area contributed by atoms with Crippen molar-refractivity contribution in [1.29, 1.82) is 0 Å². The molecule has 0 aliphatic carbocycles. The summed E-state index contributed by atoms with van der Waals surface area (Å²) in [4.78, 5) is 28.6. The van der Waals surface area contributed by atoms with E-state index >= 15 is 0 Å². The number of hydrogen-bond acceptors (Lipinski definition) is 3. The molecule has 0 saturated carbocycles. The largest absolute Gasteiger partial charge is 0.378 e. The highest BCUT2D eigenvalue weighted by Gasteiger charge is 2.31. The average Bonchev–Trinajstić information content (AvgIpc) is 2.64. The molecule has 0 radical (unpaired) electrons. The van der Waals surface area contributed by atoms with Crippen molar-refractivity contribution in [2.45, 2.75) is 12.8 Å². The van der Waals surface area contributed by atoms with Gasteiger partial charge in [0, 0.05) is 36.6 Å². The minimum atomic E-state index is -0.179. The van der Waals surface area contributed by atoms with Crippen LogP contribution >= 0.6 is 27.5 Å². The summed E-state index contributed by atoms with van der Waals surface area (Å²) in [6, 6.07) is 5.15. The van der Waals surface area contributed by atoms with Crippen molar-refractivity contribution >= 4 is 45.2 Å². The first-order chi connectivity index (χ1) is 12.0. The van der Waals surface area contributed by atoms with Crippen LogP contribution in [0.1, 0.15) is 12.8 Å². The Labute approximate surface area is 160 Å². The molecule has 0 aromatic heterocycles. The number of nitrogens with zero attached hydrogens (tertiary/aromatic N) is 2. The van der Waals surface area contributed by atoms with E-state index in [2.05, 4.69) is 21.2 Å². The number of amides is 3. The molecule has 0 atom stereocenters. The highest BCUT2D eigenvalue weighted by atomic mass is 79.9. The molecule has 1 aromatic carbocycles. The number of nitrogens with one attached hydrogen (secondary N) is 1. The van der Waals surface area contributed by atoms with Gasteiger partial charge in [0.2, 0.25) is 5.91 Å². The maximum Gasteiger partial charge on any atom is 0.321 e. The number of morpholine rings is 1. The zero-order valence-electron chi connectivity index (χ0n) is 13.8. The number of carbonyl (C=O) groups excluding carboxylic acids is 2. The van der Waals surface area contributed by atoms with E-state index in [9.17, 15) is 9.59 Å². The predicted octanol–water partition coefficient (Wildman–Crippen LogP) is 3.21. The molecule has 2 fully saturated rings. The fourth-order valence-corrected chi connectivity index (χ4v) is 3.88. The minimum absolute atomic E-state index is 0.00146. The van der Waals surface area contributed by atoms with Crippen LogP contribution in [0.25, 0.3) is 0 Å². The lowest BCUT2D eigenvalue weighted by molar-refractivity contribution is -0.140. The Hall–Kier alpha value is -1.31. The number of ether oxygens (including phenoxy) is 1. The Morgan fingerprint density at radius 3 is 2.44 bits per heavy atom. The van der Waals surface area contributed by atoms with Crippen molar-refractivity contribution in [1.82, 2.24) is 9.80 Å². The lowest BCUT2D eigenvalue weighted by Gasteiger charge is -2.35. The standard InChI is InChI=1S/C17H21BrClN3O3/c18-13-1-2-15(14(19)11-13)20-17(24)22-5-3-12(4-6-22)16(23)21-7-9-25-10-8-21/h1-2,11-12H,3-10H2,(H,20,24). The van der Waals surface area contributed by atoms with E-state index in [0.717, 1.165) is 4.47 Å². The van der Waals surface area contributed by atoms with E-state index in [-0.39, 0.29) is 17.9 Å². The summed E-state index contributed by atoms with van der Waals surface area (Å²) in [6.07, 6.45) is 1.38. The van der Waals surface area contributed by atoms with Gasteiger partial charge >= 0.3 is 6.03 Å². The number of piperidine rings is 1. The van der Waals surface area contributed by atoms with E-state index in [1.165, 1.54) is 0 Å². The van der Waals surface area contributed by atoms with Gasteiger partial charge in [-0.25, -0.2) is 4.79 Å². The second kappa shape index (κ2) is 8.38. The second-order valence-electron chi connectivity index (χ2n) is 6.25. The smallest absolute Gasteiger partial charge is 0.321 e. The molecule has 2 saturated heterocycles. The Bertz CT molecular complexity index is 644. The molecule has 25 heavy (non-hydrogen) atoms. The van der Waals surface area contributed by atoms with Crippen LogP contribution in [0.3, 0.4) is 0 Å². The van der Waals surface area contributed by atoms with E-state index in [1.807, 2.05) is 11.0 Å². The highest BCUT2D eigenvalue weighted by molar-refractivity contribution is 9.10. The summed E-state index contributed by atoms with van der Waals surface area (Å²) in [6.45, 7) is 3.70. The molecule has 2 aliphatic rings. The van der Waals surface area contributed by atoms with Crippen LogP contribution in [0.15, 0.2) is 22.7 Å². The molecular weight excluding hydrogens is 410 g/mol. The fourth-order valence-electron chi connectivity index (χ4n) is 3.16. The summed E-state index contributed by atoms with van der Waals surface area (Å²) in [5.41, 5.74) is 0.585. The fraction of sp³-hybridized carbons (Fsp3) is 0.529. The van der Waals surface area contributed by atoms with Gasteiger partial charge in [-0.15, -0.1) is 0 Å². The Morgan fingerprint density at radius 1 is 1.12 bits per heavy atom. The van der Waals surface area contributed by atoms with Gasteiger partial charge in [-0.2, -0.15) is 0 Å². The van der Waals surface area contributed by atoms with Gasteiger partial charge in [-0.1, -0.05) is 27.5 Å². The summed E-state index contributed by atoms with van der Waals surface area (Å²) >= 11 is 9.48. The molecule has 0 bridgehead atoms. The van der Waals surface area contributed by atoms with Gasteiger partial charge in [0.15, 0.2) is 0 Å². The van der Waals surface area contributed by atoms with Crippen LogP contribution in [-0.4, -0.2) is 61.1 Å². The number of likely N-dealkylation sites (tertiary alicyclic amines) is 1. The van der Waals surface area contributed by atoms with Crippen LogP contribution < -0.4 is 5.32 Å². The third kappa shape index (κ3) is 4.65. The number of anilines is 1. The molecule has 3 amide bonds. The first kappa shape index (κ1) is 18.5. The first-order valence-corrected chi connectivity index (χ1v) is 9.59. The van der Waals surface area contributed by atoms with Gasteiger partial charge in [-0.05, 0) is 31.0 Å². The number of carbonyl (C=O) groups is 2. The summed E-state index contributed by atoms with van der Waals surface area (Å²) < 4.78 is 6.15. The monoisotopic (exact) mass is 429 g/mol. The van der Waals surface area contributed by atoms with Gasteiger partial charge in [-0.3, -0.25) is 4.79 Å². The van der Waals surface area contributed by atoms with E-state index < -0.39 is 0 Å². The summed E-state index contributed by atoms with van der Waals surface area (Å²) in [5, 5.41) is 3.32. The lowest BCUT2D eigenvalue weighted by Crippen LogP contribution is -2.48. The van der Waals surface area contributed by atoms with Crippen molar-refractivity contribution < 1.29 is 14.3 Å². The number of urea groups is 1. The minimum Gasteiger partial charge on any atom is -0.378 e. The van der Waals surface area contributed by atoms with Gasteiger partial charge in [0.25, 0.3) is 0 Å². The molecule has 1 aromatic rings. The zero-order chi connectivity index (χ0) is 17.8. The van der Waals surface area contributed by atoms with Crippen LogP contribution in [-0.2, 0) is 9.53 Å². The molecular formula is C17H21BrClN3O3. The van der Waals surface area contributed by atoms with E-state index in [4.69, 9.17) is 16.3 Å². The molecule has 2 heterocycles. The van der Waals surface area contributed by atoms with E-state index in [1.54, 1.807) is 17.0 Å². The van der Waals surface area contributed by atoms with Crippen LogP contribution in [0.2, 0.25) is 5.02 Å². The SMILES string of the molecule is O=C(Nc1ccc(Br)cc1Cl)N1CCC(C(=O)N2CCOCC2)CC1. The number of benzene rings is 1. The average molecular weight is 431 g/mol. The highest BCUT2D eigenvalue weighted by Crippen LogP contribution is 2.27. The molecule has 1 N–H and O–H groups in total. The second-order valence-corrected chi connectivity index (χ2v) is 7.58. The molecule has 136 valence electrons. The van der Waals surface area contributed by atoms with Crippen molar-refractivity contribution in [3.05, 3.63) is 27.7 Å². The number of halogens is 2. The normalized spacial score (nSPS) is 19.0. The van der Waals surface area contributed by atoms with Gasteiger partial charge in [0.05, 0.1) is 23.9 Å².